The number of benzene rings is 3. The van der Waals surface area contributed by atoms with E-state index >= 15 is 0 Å². The molecule has 0 spiro atoms. The number of nitrogens with zero attached hydrogens (tertiary/aromatic N) is 3. The summed E-state index contributed by atoms with van der Waals surface area (Å²) < 4.78 is 21.1. The lowest BCUT2D eigenvalue weighted by molar-refractivity contribution is 0.101. The van der Waals surface area contributed by atoms with Gasteiger partial charge in [-0.2, -0.15) is 0 Å². The molecule has 0 aliphatic heterocycles. The molecule has 1 aromatic heterocycles. The van der Waals surface area contributed by atoms with Crippen molar-refractivity contribution in [1.82, 2.24) is 15.0 Å². The number of carbonyl (C=O) groups is 2. The summed E-state index contributed by atoms with van der Waals surface area (Å²) >= 11 is 5.75. The lowest BCUT2D eigenvalue weighted by atomic mass is 10.1. The number of ether oxygens (including phenoxy) is 1. The van der Waals surface area contributed by atoms with Crippen LogP contribution < -0.4 is 15.4 Å². The minimum absolute atomic E-state index is 0.177. The zero-order chi connectivity index (χ0) is 23.5. The lowest BCUT2D eigenvalue weighted by Crippen LogP contribution is -2.15. The highest BCUT2D eigenvalue weighted by Crippen LogP contribution is 2.29. The Balaban J connectivity index is 1.56. The molecule has 2 N–H and O–H groups in total. The fourth-order valence-corrected chi connectivity index (χ4v) is 3.46. The van der Waals surface area contributed by atoms with Crippen LogP contribution in [0.25, 0.3) is 11.0 Å². The average molecular weight is 468 g/mol. The smallest absolute Gasteiger partial charge is 0.258 e. The van der Waals surface area contributed by atoms with E-state index in [-0.39, 0.29) is 22.2 Å². The summed E-state index contributed by atoms with van der Waals surface area (Å²) in [6, 6.07) is 13.6. The summed E-state index contributed by atoms with van der Waals surface area (Å²) in [6.45, 7) is 2.62. The van der Waals surface area contributed by atoms with Crippen molar-refractivity contribution in [1.29, 1.82) is 0 Å². The van der Waals surface area contributed by atoms with Crippen LogP contribution in [-0.2, 0) is 6.54 Å². The predicted octanol–water partition coefficient (Wildman–Crippen LogP) is 4.76. The highest BCUT2D eigenvalue weighted by molar-refractivity contribution is 6.30. The average Bonchev–Trinajstić information content (AvgIpc) is 3.21. The van der Waals surface area contributed by atoms with E-state index in [1.807, 2.05) is 6.92 Å². The molecule has 0 saturated carbocycles. The molecule has 8 nitrogen and oxygen atoms in total. The molecule has 0 radical (unpaired) electrons. The van der Waals surface area contributed by atoms with E-state index in [9.17, 15) is 14.0 Å². The second-order valence-electron chi connectivity index (χ2n) is 7.06. The Hall–Kier alpha value is -3.98. The quantitative estimate of drug-likeness (QED) is 0.426. The van der Waals surface area contributed by atoms with Gasteiger partial charge in [0.15, 0.2) is 0 Å². The van der Waals surface area contributed by atoms with E-state index in [0.29, 0.717) is 29.1 Å². The molecule has 0 unspecified atom stereocenters. The van der Waals surface area contributed by atoms with Crippen molar-refractivity contribution in [3.05, 3.63) is 76.6 Å². The number of anilines is 2. The fraction of sp³-hybridized carbons (Fsp3) is 0.130. The number of amides is 2. The molecule has 168 valence electrons. The molecule has 0 aliphatic rings. The van der Waals surface area contributed by atoms with Crippen molar-refractivity contribution >= 4 is 45.8 Å². The number of aryl methyl sites for hydroxylation is 1. The van der Waals surface area contributed by atoms with Crippen molar-refractivity contribution < 1.29 is 18.7 Å². The van der Waals surface area contributed by atoms with Crippen LogP contribution in [-0.4, -0.2) is 33.9 Å². The van der Waals surface area contributed by atoms with Gasteiger partial charge >= 0.3 is 0 Å². The molecular formula is C23H19ClFN5O3. The van der Waals surface area contributed by atoms with Gasteiger partial charge in [0, 0.05) is 22.8 Å². The first-order chi connectivity index (χ1) is 15.9. The van der Waals surface area contributed by atoms with Crippen molar-refractivity contribution in [3.63, 3.8) is 0 Å². The number of hydrogen-bond donors (Lipinski definition) is 2. The Bertz CT molecular complexity index is 1370. The van der Waals surface area contributed by atoms with E-state index in [2.05, 4.69) is 20.9 Å². The molecule has 3 aromatic carbocycles. The first-order valence-corrected chi connectivity index (χ1v) is 10.4. The first kappa shape index (κ1) is 22.2. The molecule has 4 aromatic rings. The maximum Gasteiger partial charge on any atom is 0.258 e. The Labute approximate surface area is 193 Å². The molecule has 0 atom stereocenters. The van der Waals surface area contributed by atoms with Gasteiger partial charge in [-0.05, 0) is 61.5 Å². The van der Waals surface area contributed by atoms with Crippen LogP contribution in [0.3, 0.4) is 0 Å². The molecule has 2 amide bonds. The lowest BCUT2D eigenvalue weighted by Gasteiger charge is -2.13. The van der Waals surface area contributed by atoms with Gasteiger partial charge in [-0.15, -0.1) is 5.10 Å². The SMILES string of the molecule is CCn1nnc2cc(C(=O)Nc3ccc(OC)c(NC(=O)c4ccc(Cl)cc4F)c3)ccc21. The van der Waals surface area contributed by atoms with Gasteiger partial charge in [0.05, 0.1) is 23.9 Å². The number of carbonyl (C=O) groups excluding carboxylic acids is 2. The molecule has 0 aliphatic carbocycles. The minimum atomic E-state index is -0.751. The normalized spacial score (nSPS) is 10.8. The van der Waals surface area contributed by atoms with Crippen molar-refractivity contribution in [2.75, 3.05) is 17.7 Å². The summed E-state index contributed by atoms with van der Waals surface area (Å²) in [5, 5.41) is 13.7. The van der Waals surface area contributed by atoms with Crippen LogP contribution in [0.5, 0.6) is 5.75 Å². The topological polar surface area (TPSA) is 98.1 Å². The zero-order valence-electron chi connectivity index (χ0n) is 17.7. The third-order valence-electron chi connectivity index (χ3n) is 4.96. The van der Waals surface area contributed by atoms with Crippen LogP contribution in [0.2, 0.25) is 5.02 Å². The maximum atomic E-state index is 14.1. The number of hydrogen-bond acceptors (Lipinski definition) is 5. The van der Waals surface area contributed by atoms with E-state index in [4.69, 9.17) is 16.3 Å². The number of fused-ring (bicyclic) bond motifs is 1. The number of rotatable bonds is 6. The Kier molecular flexibility index (Phi) is 6.23. The Morgan fingerprint density at radius 3 is 2.61 bits per heavy atom. The molecule has 1 heterocycles. The standard InChI is InChI=1S/C23H19ClFN5O3/c1-3-30-20-8-4-13(10-18(20)28-29-30)22(31)26-15-6-9-21(33-2)19(12-15)27-23(32)16-7-5-14(24)11-17(16)25/h4-12H,3H2,1-2H3,(H,26,31)(H,27,32). The predicted molar refractivity (Wildman–Crippen MR) is 124 cm³/mol. The van der Waals surface area contributed by atoms with Gasteiger partial charge in [-0.1, -0.05) is 16.8 Å². The van der Waals surface area contributed by atoms with Crippen LogP contribution in [0.1, 0.15) is 27.6 Å². The third-order valence-corrected chi connectivity index (χ3v) is 5.19. The maximum absolute atomic E-state index is 14.1. The second kappa shape index (κ2) is 9.25. The summed E-state index contributed by atoms with van der Waals surface area (Å²) in [7, 11) is 1.44. The molecule has 10 heteroatoms. The summed E-state index contributed by atoms with van der Waals surface area (Å²) in [4.78, 5) is 25.3. The number of methoxy groups -OCH3 is 1. The summed E-state index contributed by atoms with van der Waals surface area (Å²) in [5.41, 5.74) is 2.33. The monoisotopic (exact) mass is 467 g/mol. The molecule has 0 saturated heterocycles. The second-order valence-corrected chi connectivity index (χ2v) is 7.49. The van der Waals surface area contributed by atoms with Gasteiger partial charge in [0.25, 0.3) is 11.8 Å². The molecular weight excluding hydrogens is 449 g/mol. The summed E-state index contributed by atoms with van der Waals surface area (Å²) in [5.74, 6) is -1.46. The summed E-state index contributed by atoms with van der Waals surface area (Å²) in [6.07, 6.45) is 0. The van der Waals surface area contributed by atoms with Crippen LogP contribution in [0, 0.1) is 5.82 Å². The fourth-order valence-electron chi connectivity index (χ4n) is 3.30. The van der Waals surface area contributed by atoms with Crippen LogP contribution >= 0.6 is 11.6 Å². The van der Waals surface area contributed by atoms with Gasteiger partial charge in [0.1, 0.15) is 17.1 Å². The molecule has 33 heavy (non-hydrogen) atoms. The Morgan fingerprint density at radius 2 is 1.88 bits per heavy atom. The Morgan fingerprint density at radius 1 is 1.06 bits per heavy atom. The van der Waals surface area contributed by atoms with Crippen molar-refractivity contribution in [2.24, 2.45) is 0 Å². The van der Waals surface area contributed by atoms with Crippen molar-refractivity contribution in [2.45, 2.75) is 13.5 Å². The van der Waals surface area contributed by atoms with Gasteiger partial charge in [0.2, 0.25) is 0 Å². The first-order valence-electron chi connectivity index (χ1n) is 9.98. The molecule has 0 bridgehead atoms. The number of nitrogens with one attached hydrogen (secondary N) is 2. The van der Waals surface area contributed by atoms with Crippen molar-refractivity contribution in [3.8, 4) is 5.75 Å². The number of aromatic nitrogens is 3. The largest absolute Gasteiger partial charge is 0.495 e. The van der Waals surface area contributed by atoms with Crippen LogP contribution in [0.15, 0.2) is 54.6 Å². The third kappa shape index (κ3) is 4.63. The minimum Gasteiger partial charge on any atom is -0.495 e. The highest BCUT2D eigenvalue weighted by atomic mass is 35.5. The number of halogens is 2. The van der Waals surface area contributed by atoms with E-state index in [0.717, 1.165) is 11.6 Å². The van der Waals surface area contributed by atoms with E-state index < -0.39 is 11.7 Å². The molecule has 0 fully saturated rings. The van der Waals surface area contributed by atoms with Gasteiger partial charge in [-0.3, -0.25) is 9.59 Å². The van der Waals surface area contributed by atoms with E-state index in [1.54, 1.807) is 35.0 Å². The van der Waals surface area contributed by atoms with Gasteiger partial charge in [-0.25, -0.2) is 9.07 Å². The van der Waals surface area contributed by atoms with Crippen LogP contribution in [0.4, 0.5) is 15.8 Å². The van der Waals surface area contributed by atoms with Gasteiger partial charge < -0.3 is 15.4 Å². The van der Waals surface area contributed by atoms with E-state index in [1.165, 1.54) is 25.3 Å². The molecule has 4 rings (SSSR count). The highest BCUT2D eigenvalue weighted by Gasteiger charge is 2.16. The zero-order valence-corrected chi connectivity index (χ0v) is 18.5.